The summed E-state index contributed by atoms with van der Waals surface area (Å²) in [6.45, 7) is 9.72. The first kappa shape index (κ1) is 25.5. The van der Waals surface area contributed by atoms with E-state index in [1.54, 1.807) is 17.0 Å². The minimum atomic E-state index is -0.112. The van der Waals surface area contributed by atoms with E-state index < -0.39 is 0 Å². The van der Waals surface area contributed by atoms with Gasteiger partial charge in [0, 0.05) is 36.5 Å². The zero-order chi connectivity index (χ0) is 20.6. The molecule has 0 atom stereocenters. The van der Waals surface area contributed by atoms with Gasteiger partial charge in [-0.25, -0.2) is 4.99 Å². The Morgan fingerprint density at radius 3 is 2.55 bits per heavy atom. The fourth-order valence-corrected chi connectivity index (χ4v) is 2.84. The Balaban J connectivity index is 0.00000420. The maximum absolute atomic E-state index is 12.5. The monoisotopic (exact) mass is 533 g/mol. The van der Waals surface area contributed by atoms with E-state index >= 15 is 0 Å². The van der Waals surface area contributed by atoms with E-state index in [1.165, 1.54) is 0 Å². The Bertz CT molecular complexity index is 709. The molecule has 7 nitrogen and oxygen atoms in total. The van der Waals surface area contributed by atoms with Gasteiger partial charge in [0.1, 0.15) is 0 Å². The van der Waals surface area contributed by atoms with Crippen LogP contribution in [0.4, 0.5) is 0 Å². The molecule has 3 N–H and O–H groups in total. The van der Waals surface area contributed by atoms with Crippen molar-refractivity contribution in [2.45, 2.75) is 32.1 Å². The molecule has 1 aliphatic rings. The molecule has 2 amide bonds. The van der Waals surface area contributed by atoms with Crippen molar-refractivity contribution in [1.82, 2.24) is 20.9 Å². The Morgan fingerprint density at radius 1 is 1.28 bits per heavy atom. The van der Waals surface area contributed by atoms with Crippen LogP contribution in [0.5, 0.6) is 0 Å². The highest BCUT2D eigenvalue weighted by atomic mass is 127. The molecule has 162 valence electrons. The van der Waals surface area contributed by atoms with Crippen LogP contribution in [-0.4, -0.2) is 66.4 Å². The first-order chi connectivity index (χ1) is 13.3. The second-order valence-electron chi connectivity index (χ2n) is 7.29. The zero-order valence-electron chi connectivity index (χ0n) is 17.6. The Morgan fingerprint density at radius 2 is 1.97 bits per heavy atom. The Hall–Kier alpha value is -1.49. The summed E-state index contributed by atoms with van der Waals surface area (Å²) in [5.74, 6) is 0.557. The zero-order valence-corrected chi connectivity index (χ0v) is 20.7. The Labute approximate surface area is 194 Å². The predicted octanol–water partition coefficient (Wildman–Crippen LogP) is 2.07. The fraction of sp³-hybridized carbons (Fsp3) is 0.550. The number of amides is 2. The number of nitrogens with zero attached hydrogens (tertiary/aromatic N) is 2. The highest BCUT2D eigenvalue weighted by Crippen LogP contribution is 2.19. The lowest BCUT2D eigenvalue weighted by Gasteiger charge is -2.26. The summed E-state index contributed by atoms with van der Waals surface area (Å²) in [5.41, 5.74) is 1.61. The van der Waals surface area contributed by atoms with Gasteiger partial charge in [0.15, 0.2) is 5.96 Å². The average molecular weight is 533 g/mol. The van der Waals surface area contributed by atoms with Crippen molar-refractivity contribution >= 4 is 53.5 Å². The van der Waals surface area contributed by atoms with E-state index in [1.807, 2.05) is 30.8 Å². The molecule has 1 aromatic rings. The van der Waals surface area contributed by atoms with Crippen LogP contribution in [0.2, 0.25) is 0 Å². The van der Waals surface area contributed by atoms with Gasteiger partial charge in [0.05, 0.1) is 13.1 Å². The molecule has 0 bridgehead atoms. The maximum atomic E-state index is 12.5. The molecule has 0 saturated carbocycles. The van der Waals surface area contributed by atoms with E-state index in [0.29, 0.717) is 25.2 Å². The van der Waals surface area contributed by atoms with Gasteiger partial charge in [-0.15, -0.1) is 24.0 Å². The maximum Gasteiger partial charge on any atom is 0.254 e. The number of nitrogens with one attached hydrogen (secondary N) is 3. The van der Waals surface area contributed by atoms with Crippen molar-refractivity contribution in [3.63, 3.8) is 0 Å². The predicted molar refractivity (Wildman–Crippen MR) is 131 cm³/mol. The second-order valence-corrected chi connectivity index (χ2v) is 8.80. The first-order valence-electron chi connectivity index (χ1n) is 9.57. The molecule has 0 unspecified atom stereocenters. The number of hydrogen-bond donors (Lipinski definition) is 3. The van der Waals surface area contributed by atoms with E-state index in [0.717, 1.165) is 24.6 Å². The summed E-state index contributed by atoms with van der Waals surface area (Å²) in [7, 11) is 0. The number of guanidine groups is 1. The number of rotatable bonds is 7. The third-order valence-corrected chi connectivity index (χ3v) is 5.77. The molecular weight excluding hydrogens is 501 g/mol. The van der Waals surface area contributed by atoms with Crippen LogP contribution in [0.1, 0.15) is 36.7 Å². The van der Waals surface area contributed by atoms with Gasteiger partial charge in [-0.3, -0.25) is 9.59 Å². The number of hydrogen-bond acceptors (Lipinski definition) is 4. The molecule has 2 rings (SSSR count). The average Bonchev–Trinajstić information content (AvgIpc) is 2.70. The molecule has 0 radical (unpaired) electrons. The largest absolute Gasteiger partial charge is 0.357 e. The van der Waals surface area contributed by atoms with E-state index in [-0.39, 0.29) is 47.1 Å². The van der Waals surface area contributed by atoms with Crippen LogP contribution < -0.4 is 16.0 Å². The molecule has 1 aromatic carbocycles. The minimum absolute atomic E-state index is 0. The molecule has 1 heterocycles. The number of carbonyl (C=O) groups is 2. The third kappa shape index (κ3) is 8.41. The first-order valence-corrected chi connectivity index (χ1v) is 10.8. The SMILES string of the molecule is CCNC(=NCc1ccc(C(=O)N2CCNC(=O)C2)cc1)NCC(C)(C)SC.I. The summed E-state index contributed by atoms with van der Waals surface area (Å²) in [6.07, 6.45) is 2.10. The normalized spacial score (nSPS) is 14.7. The molecule has 1 aliphatic heterocycles. The smallest absolute Gasteiger partial charge is 0.254 e. The van der Waals surface area contributed by atoms with Crippen molar-refractivity contribution in [2.75, 3.05) is 39.0 Å². The molecule has 0 aromatic heterocycles. The third-order valence-electron chi connectivity index (χ3n) is 4.52. The number of thioether (sulfide) groups is 1. The van der Waals surface area contributed by atoms with Crippen LogP contribution in [0.25, 0.3) is 0 Å². The highest BCUT2D eigenvalue weighted by molar-refractivity contribution is 14.0. The Kier molecular flexibility index (Phi) is 10.8. The molecule has 29 heavy (non-hydrogen) atoms. The van der Waals surface area contributed by atoms with Crippen molar-refractivity contribution in [3.05, 3.63) is 35.4 Å². The fourth-order valence-electron chi connectivity index (χ4n) is 2.63. The quantitative estimate of drug-likeness (QED) is 0.284. The van der Waals surface area contributed by atoms with Crippen LogP contribution in [0.15, 0.2) is 29.3 Å². The second kappa shape index (κ2) is 12.3. The summed E-state index contributed by atoms with van der Waals surface area (Å²) < 4.78 is 0.129. The molecule has 0 aliphatic carbocycles. The van der Waals surface area contributed by atoms with E-state index in [2.05, 4.69) is 41.0 Å². The molecule has 9 heteroatoms. The lowest BCUT2D eigenvalue weighted by Crippen LogP contribution is -2.49. The number of piperazine rings is 1. The standard InChI is InChI=1S/C20H31N5O2S.HI/c1-5-21-19(24-14-20(2,3)28-4)23-12-15-6-8-16(9-7-15)18(27)25-11-10-22-17(26)13-25;/h6-9H,5,10-14H2,1-4H3,(H,22,26)(H2,21,23,24);1H. The van der Waals surface area contributed by atoms with Gasteiger partial charge in [-0.05, 0) is 44.7 Å². The molecule has 0 spiro atoms. The van der Waals surface area contributed by atoms with Gasteiger partial charge in [0.2, 0.25) is 5.91 Å². The van der Waals surface area contributed by atoms with Crippen molar-refractivity contribution in [3.8, 4) is 0 Å². The summed E-state index contributed by atoms with van der Waals surface area (Å²) >= 11 is 1.81. The molecular formula is C20H32IN5O2S. The van der Waals surface area contributed by atoms with Crippen molar-refractivity contribution < 1.29 is 9.59 Å². The number of carbonyl (C=O) groups excluding carboxylic acids is 2. The van der Waals surface area contributed by atoms with Crippen LogP contribution >= 0.6 is 35.7 Å². The van der Waals surface area contributed by atoms with Crippen LogP contribution in [0, 0.1) is 0 Å². The van der Waals surface area contributed by atoms with Crippen molar-refractivity contribution in [2.24, 2.45) is 4.99 Å². The van der Waals surface area contributed by atoms with E-state index in [9.17, 15) is 9.59 Å². The van der Waals surface area contributed by atoms with Crippen molar-refractivity contribution in [1.29, 1.82) is 0 Å². The van der Waals surface area contributed by atoms with Gasteiger partial charge < -0.3 is 20.9 Å². The number of benzene rings is 1. The topological polar surface area (TPSA) is 85.8 Å². The highest BCUT2D eigenvalue weighted by Gasteiger charge is 2.22. The summed E-state index contributed by atoms with van der Waals surface area (Å²) in [6, 6.07) is 7.43. The van der Waals surface area contributed by atoms with E-state index in [4.69, 9.17) is 0 Å². The lowest BCUT2D eigenvalue weighted by molar-refractivity contribution is -0.123. The molecule has 1 saturated heterocycles. The minimum Gasteiger partial charge on any atom is -0.357 e. The molecule has 1 fully saturated rings. The lowest BCUT2D eigenvalue weighted by atomic mass is 10.1. The van der Waals surface area contributed by atoms with Gasteiger partial charge in [0.25, 0.3) is 5.91 Å². The van der Waals surface area contributed by atoms with Crippen LogP contribution in [-0.2, 0) is 11.3 Å². The summed E-state index contributed by atoms with van der Waals surface area (Å²) in [4.78, 5) is 30.2. The number of aliphatic imine (C=N–C) groups is 1. The van der Waals surface area contributed by atoms with Gasteiger partial charge >= 0.3 is 0 Å². The summed E-state index contributed by atoms with van der Waals surface area (Å²) in [5, 5.41) is 9.36. The van der Waals surface area contributed by atoms with Gasteiger partial charge in [-0.2, -0.15) is 11.8 Å². The number of halogens is 1. The van der Waals surface area contributed by atoms with Gasteiger partial charge in [-0.1, -0.05) is 12.1 Å². The van der Waals surface area contributed by atoms with Crippen LogP contribution in [0.3, 0.4) is 0 Å².